The summed E-state index contributed by atoms with van der Waals surface area (Å²) >= 11 is 3.21. The van der Waals surface area contributed by atoms with Gasteiger partial charge in [0.05, 0.1) is 5.92 Å². The van der Waals surface area contributed by atoms with Crippen molar-refractivity contribution in [2.24, 2.45) is 0 Å². The summed E-state index contributed by atoms with van der Waals surface area (Å²) < 4.78 is 36.8. The van der Waals surface area contributed by atoms with Crippen LogP contribution in [0.25, 0.3) is 0 Å². The lowest BCUT2D eigenvalue weighted by Crippen LogP contribution is -2.14. The van der Waals surface area contributed by atoms with E-state index in [0.29, 0.717) is 5.56 Å². The van der Waals surface area contributed by atoms with Gasteiger partial charge in [-0.25, -0.2) is 0 Å². The fraction of sp³-hybridized carbons (Fsp3) is 0.417. The van der Waals surface area contributed by atoms with Crippen LogP contribution in [0, 0.1) is 0 Å². The highest BCUT2D eigenvalue weighted by Crippen LogP contribution is 2.28. The van der Waals surface area contributed by atoms with E-state index in [1.807, 2.05) is 0 Å². The summed E-state index contributed by atoms with van der Waals surface area (Å²) in [6, 6.07) is 6.57. The Kier molecular flexibility index (Phi) is 5.19. The number of alkyl halides is 3. The van der Waals surface area contributed by atoms with Crippen LogP contribution in [0.1, 0.15) is 30.7 Å². The number of carboxylic acid groups (broad SMARTS) is 1. The molecule has 0 spiro atoms. The Balaban J connectivity index is 2.66. The van der Waals surface area contributed by atoms with Gasteiger partial charge in [0.25, 0.3) is 0 Å². The average Bonchev–Trinajstić information content (AvgIpc) is 2.24. The number of hydrogen-bond acceptors (Lipinski definition) is 1. The van der Waals surface area contributed by atoms with Crippen molar-refractivity contribution in [3.05, 3.63) is 34.3 Å². The molecule has 0 heterocycles. The minimum Gasteiger partial charge on any atom is -0.481 e. The van der Waals surface area contributed by atoms with E-state index < -0.39 is 24.5 Å². The molecular weight excluding hydrogens is 313 g/mol. The molecule has 0 aliphatic heterocycles. The molecule has 18 heavy (non-hydrogen) atoms. The second kappa shape index (κ2) is 6.22. The highest BCUT2D eigenvalue weighted by atomic mass is 79.9. The standard InChI is InChI=1S/C12H12BrF3O2/c13-9-5-3-8(4-6-9)10(11(17)18)2-1-7-12(14,15)16/h3-6,10H,1-2,7H2,(H,17,18). The highest BCUT2D eigenvalue weighted by Gasteiger charge is 2.28. The molecule has 6 heteroatoms. The van der Waals surface area contributed by atoms with Gasteiger partial charge in [-0.2, -0.15) is 13.2 Å². The van der Waals surface area contributed by atoms with Crippen molar-refractivity contribution in [3.8, 4) is 0 Å². The van der Waals surface area contributed by atoms with Gasteiger partial charge in [0.2, 0.25) is 0 Å². The number of halogens is 4. The van der Waals surface area contributed by atoms with Crippen LogP contribution in [0.15, 0.2) is 28.7 Å². The Morgan fingerprint density at radius 3 is 2.28 bits per heavy atom. The molecule has 0 saturated heterocycles. The second-order valence-electron chi connectivity index (χ2n) is 3.95. The van der Waals surface area contributed by atoms with Crippen LogP contribution in [-0.4, -0.2) is 17.3 Å². The van der Waals surface area contributed by atoms with E-state index in [9.17, 15) is 18.0 Å². The summed E-state index contributed by atoms with van der Waals surface area (Å²) in [5.74, 6) is -1.99. The normalized spacial score (nSPS) is 13.3. The first-order chi connectivity index (χ1) is 8.29. The fourth-order valence-electron chi connectivity index (χ4n) is 1.63. The van der Waals surface area contributed by atoms with Crippen molar-refractivity contribution in [3.63, 3.8) is 0 Å². The van der Waals surface area contributed by atoms with Crippen LogP contribution in [0.4, 0.5) is 13.2 Å². The molecule has 1 atom stereocenters. The first kappa shape index (κ1) is 15.0. The molecule has 0 aliphatic rings. The minimum atomic E-state index is -4.23. The van der Waals surface area contributed by atoms with Gasteiger partial charge in [-0.1, -0.05) is 28.1 Å². The van der Waals surface area contributed by atoms with E-state index in [1.165, 1.54) is 0 Å². The summed E-state index contributed by atoms with van der Waals surface area (Å²) in [6.07, 6.45) is -5.39. The SMILES string of the molecule is O=C(O)C(CCCC(F)(F)F)c1ccc(Br)cc1. The van der Waals surface area contributed by atoms with Crippen LogP contribution in [0.2, 0.25) is 0 Å². The number of rotatable bonds is 5. The van der Waals surface area contributed by atoms with Gasteiger partial charge in [-0.3, -0.25) is 4.79 Å². The van der Waals surface area contributed by atoms with Crippen LogP contribution in [-0.2, 0) is 4.79 Å². The summed E-state index contributed by atoms with van der Waals surface area (Å²) in [6.45, 7) is 0. The molecule has 0 saturated carbocycles. The van der Waals surface area contributed by atoms with Crippen LogP contribution >= 0.6 is 15.9 Å². The second-order valence-corrected chi connectivity index (χ2v) is 4.87. The quantitative estimate of drug-likeness (QED) is 0.874. The molecule has 0 aromatic heterocycles. The van der Waals surface area contributed by atoms with Gasteiger partial charge < -0.3 is 5.11 Å². The molecular formula is C12H12BrF3O2. The van der Waals surface area contributed by atoms with E-state index in [-0.39, 0.29) is 12.8 Å². The van der Waals surface area contributed by atoms with Crippen molar-refractivity contribution >= 4 is 21.9 Å². The fourth-order valence-corrected chi connectivity index (χ4v) is 1.90. The molecule has 1 aromatic carbocycles. The summed E-state index contributed by atoms with van der Waals surface area (Å²) in [5, 5.41) is 9.03. The van der Waals surface area contributed by atoms with E-state index >= 15 is 0 Å². The molecule has 1 unspecified atom stereocenters. The third-order valence-electron chi connectivity index (χ3n) is 2.52. The van der Waals surface area contributed by atoms with Crippen molar-refractivity contribution in [2.45, 2.75) is 31.4 Å². The lowest BCUT2D eigenvalue weighted by Gasteiger charge is -2.13. The number of hydrogen-bond donors (Lipinski definition) is 1. The predicted molar refractivity (Wildman–Crippen MR) is 64.4 cm³/mol. The van der Waals surface area contributed by atoms with Crippen LogP contribution < -0.4 is 0 Å². The molecule has 0 bridgehead atoms. The van der Waals surface area contributed by atoms with Crippen molar-refractivity contribution in [2.75, 3.05) is 0 Å². The van der Waals surface area contributed by atoms with Crippen molar-refractivity contribution in [1.29, 1.82) is 0 Å². The summed E-state index contributed by atoms with van der Waals surface area (Å²) in [5.41, 5.74) is 0.521. The Hall–Kier alpha value is -1.04. The molecule has 2 nitrogen and oxygen atoms in total. The van der Waals surface area contributed by atoms with Gasteiger partial charge in [0.1, 0.15) is 0 Å². The third kappa shape index (κ3) is 5.08. The predicted octanol–water partition coefficient (Wildman–Crippen LogP) is 4.35. The van der Waals surface area contributed by atoms with Gasteiger partial charge in [0.15, 0.2) is 0 Å². The van der Waals surface area contributed by atoms with Gasteiger partial charge >= 0.3 is 12.1 Å². The van der Waals surface area contributed by atoms with E-state index in [4.69, 9.17) is 5.11 Å². The molecule has 0 amide bonds. The van der Waals surface area contributed by atoms with E-state index in [0.717, 1.165) is 4.47 Å². The lowest BCUT2D eigenvalue weighted by atomic mass is 9.94. The molecule has 0 aliphatic carbocycles. The maximum Gasteiger partial charge on any atom is 0.389 e. The Morgan fingerprint density at radius 1 is 1.28 bits per heavy atom. The van der Waals surface area contributed by atoms with Crippen LogP contribution in [0.3, 0.4) is 0 Å². The molecule has 1 aromatic rings. The third-order valence-corrected chi connectivity index (χ3v) is 3.05. The van der Waals surface area contributed by atoms with Gasteiger partial charge in [-0.05, 0) is 30.5 Å². The topological polar surface area (TPSA) is 37.3 Å². The highest BCUT2D eigenvalue weighted by molar-refractivity contribution is 9.10. The van der Waals surface area contributed by atoms with Gasteiger partial charge in [-0.15, -0.1) is 0 Å². The first-order valence-corrected chi connectivity index (χ1v) is 6.14. The zero-order chi connectivity index (χ0) is 13.8. The van der Waals surface area contributed by atoms with Crippen molar-refractivity contribution in [1.82, 2.24) is 0 Å². The smallest absolute Gasteiger partial charge is 0.389 e. The molecule has 1 N–H and O–H groups in total. The number of benzene rings is 1. The number of carboxylic acids is 1. The Labute approximate surface area is 111 Å². The zero-order valence-electron chi connectivity index (χ0n) is 9.38. The number of carbonyl (C=O) groups is 1. The van der Waals surface area contributed by atoms with E-state index in [2.05, 4.69) is 15.9 Å². The van der Waals surface area contributed by atoms with E-state index in [1.54, 1.807) is 24.3 Å². The monoisotopic (exact) mass is 324 g/mol. The largest absolute Gasteiger partial charge is 0.481 e. The first-order valence-electron chi connectivity index (χ1n) is 5.34. The Bertz CT molecular complexity index is 401. The number of aliphatic carboxylic acids is 1. The molecule has 100 valence electrons. The minimum absolute atomic E-state index is 0.0174. The summed E-state index contributed by atoms with van der Waals surface area (Å²) in [4.78, 5) is 11.0. The maximum absolute atomic E-state index is 12.0. The molecule has 1 rings (SSSR count). The lowest BCUT2D eigenvalue weighted by molar-refractivity contribution is -0.142. The maximum atomic E-state index is 12.0. The van der Waals surface area contributed by atoms with Crippen molar-refractivity contribution < 1.29 is 23.1 Å². The summed E-state index contributed by atoms with van der Waals surface area (Å²) in [7, 11) is 0. The Morgan fingerprint density at radius 2 is 1.83 bits per heavy atom. The molecule has 0 fully saturated rings. The zero-order valence-corrected chi connectivity index (χ0v) is 11.0. The molecule has 0 radical (unpaired) electrons. The van der Waals surface area contributed by atoms with Gasteiger partial charge in [0, 0.05) is 10.9 Å². The average molecular weight is 325 g/mol. The van der Waals surface area contributed by atoms with Crippen LogP contribution in [0.5, 0.6) is 0 Å².